The second-order valence-corrected chi connectivity index (χ2v) is 8.59. The fraction of sp³-hybridized carbons (Fsp3) is 0.161. The molecule has 0 atom stereocenters. The first-order chi connectivity index (χ1) is 15.1. The highest BCUT2D eigenvalue weighted by atomic mass is 14.1. The zero-order valence-corrected chi connectivity index (χ0v) is 18.5. The zero-order chi connectivity index (χ0) is 21.6. The summed E-state index contributed by atoms with van der Waals surface area (Å²) in [5, 5.41) is 0. The molecule has 0 aromatic heterocycles. The quantitative estimate of drug-likeness (QED) is 0.372. The summed E-state index contributed by atoms with van der Waals surface area (Å²) in [6.07, 6.45) is 12.8. The van der Waals surface area contributed by atoms with Gasteiger partial charge in [0.1, 0.15) is 0 Å². The van der Waals surface area contributed by atoms with E-state index in [2.05, 4.69) is 118 Å². The van der Waals surface area contributed by atoms with Gasteiger partial charge >= 0.3 is 0 Å². The summed E-state index contributed by atoms with van der Waals surface area (Å²) in [4.78, 5) is 0. The predicted octanol–water partition coefficient (Wildman–Crippen LogP) is 8.47. The highest BCUT2D eigenvalue weighted by Crippen LogP contribution is 2.30. The van der Waals surface area contributed by atoms with E-state index in [1.165, 1.54) is 39.0 Å². The third-order valence-corrected chi connectivity index (χ3v) is 5.85. The Morgan fingerprint density at radius 2 is 1.55 bits per heavy atom. The lowest BCUT2D eigenvalue weighted by atomic mass is 9.95. The van der Waals surface area contributed by atoms with Crippen LogP contribution in [0.4, 0.5) is 0 Å². The molecule has 0 fully saturated rings. The van der Waals surface area contributed by atoms with E-state index in [0.29, 0.717) is 5.92 Å². The van der Waals surface area contributed by atoms with Crippen molar-refractivity contribution >= 4 is 17.7 Å². The van der Waals surface area contributed by atoms with Crippen LogP contribution in [0.5, 0.6) is 0 Å². The topological polar surface area (TPSA) is 0 Å². The highest BCUT2D eigenvalue weighted by Gasteiger charge is 2.10. The highest BCUT2D eigenvalue weighted by molar-refractivity contribution is 5.75. The molecule has 1 aliphatic rings. The number of rotatable bonds is 7. The van der Waals surface area contributed by atoms with Crippen LogP contribution in [0.25, 0.3) is 17.7 Å². The number of hydrogen-bond acceptors (Lipinski definition) is 0. The summed E-state index contributed by atoms with van der Waals surface area (Å²) in [6.45, 7) is 8.36. The molecule has 0 amide bonds. The van der Waals surface area contributed by atoms with E-state index >= 15 is 0 Å². The van der Waals surface area contributed by atoms with Crippen LogP contribution in [0.1, 0.15) is 59.6 Å². The Bertz CT molecular complexity index is 1170. The molecule has 0 aliphatic heterocycles. The van der Waals surface area contributed by atoms with Crippen molar-refractivity contribution in [3.05, 3.63) is 137 Å². The molecule has 3 aromatic rings. The molecule has 0 N–H and O–H groups in total. The lowest BCUT2D eigenvalue weighted by molar-refractivity contribution is 0.863. The van der Waals surface area contributed by atoms with Crippen LogP contribution in [-0.2, 0) is 6.42 Å². The lowest BCUT2D eigenvalue weighted by Gasteiger charge is -2.10. The van der Waals surface area contributed by atoms with Crippen molar-refractivity contribution in [3.63, 3.8) is 0 Å². The minimum absolute atomic E-state index is 0.562. The summed E-state index contributed by atoms with van der Waals surface area (Å²) in [6, 6.07) is 26.4. The Kier molecular flexibility index (Phi) is 6.48. The van der Waals surface area contributed by atoms with Gasteiger partial charge in [0, 0.05) is 0 Å². The predicted molar refractivity (Wildman–Crippen MR) is 136 cm³/mol. The Morgan fingerprint density at radius 1 is 0.806 bits per heavy atom. The lowest BCUT2D eigenvalue weighted by Crippen LogP contribution is -1.93. The molecule has 0 spiro atoms. The van der Waals surface area contributed by atoms with Crippen molar-refractivity contribution in [2.45, 2.75) is 32.6 Å². The summed E-state index contributed by atoms with van der Waals surface area (Å²) >= 11 is 0. The fourth-order valence-corrected chi connectivity index (χ4v) is 4.03. The molecule has 1 aliphatic carbocycles. The second kappa shape index (κ2) is 9.62. The van der Waals surface area contributed by atoms with Crippen LogP contribution in [0.15, 0.2) is 103 Å². The van der Waals surface area contributed by atoms with E-state index in [1.54, 1.807) is 0 Å². The van der Waals surface area contributed by atoms with Gasteiger partial charge in [0.25, 0.3) is 0 Å². The van der Waals surface area contributed by atoms with Gasteiger partial charge in [0.05, 0.1) is 0 Å². The van der Waals surface area contributed by atoms with Gasteiger partial charge in [-0.25, -0.2) is 0 Å². The normalized spacial score (nSPS) is 13.5. The van der Waals surface area contributed by atoms with E-state index in [9.17, 15) is 0 Å². The van der Waals surface area contributed by atoms with Crippen LogP contribution in [0.2, 0.25) is 0 Å². The van der Waals surface area contributed by atoms with Crippen molar-refractivity contribution in [2.75, 3.05) is 0 Å². The van der Waals surface area contributed by atoms with Crippen molar-refractivity contribution < 1.29 is 0 Å². The molecule has 0 saturated carbocycles. The molecule has 31 heavy (non-hydrogen) atoms. The summed E-state index contributed by atoms with van der Waals surface area (Å²) in [7, 11) is 0. The van der Waals surface area contributed by atoms with Gasteiger partial charge in [-0.3, -0.25) is 0 Å². The van der Waals surface area contributed by atoms with Crippen molar-refractivity contribution in [3.8, 4) is 0 Å². The van der Waals surface area contributed by atoms with E-state index in [4.69, 9.17) is 0 Å². The molecule has 0 bridgehead atoms. The number of allylic oxidation sites excluding steroid dienone is 5. The standard InChI is InChI=1S/C31H30/c1-4-24-8-5-9-25(18-24)14-15-26-16-17-31(20-26)30-13-7-11-28(22-30)19-27-10-6-12-29(21-27)23(2)3/h4-18,21-23H,1,19-20H2,2-3H3. The Hall–Kier alpha value is -3.38. The van der Waals surface area contributed by atoms with Crippen LogP contribution in [0, 0.1) is 0 Å². The van der Waals surface area contributed by atoms with Crippen LogP contribution in [0.3, 0.4) is 0 Å². The second-order valence-electron chi connectivity index (χ2n) is 8.59. The van der Waals surface area contributed by atoms with E-state index in [-0.39, 0.29) is 0 Å². The Morgan fingerprint density at radius 3 is 2.35 bits per heavy atom. The molecule has 0 saturated heterocycles. The first kappa shape index (κ1) is 20.9. The monoisotopic (exact) mass is 402 g/mol. The maximum Gasteiger partial charge on any atom is -0.00198 e. The average Bonchev–Trinajstić information content (AvgIpc) is 3.27. The summed E-state index contributed by atoms with van der Waals surface area (Å²) in [5.41, 5.74) is 10.6. The van der Waals surface area contributed by atoms with Gasteiger partial charge in [-0.15, -0.1) is 0 Å². The summed E-state index contributed by atoms with van der Waals surface area (Å²) < 4.78 is 0. The zero-order valence-electron chi connectivity index (χ0n) is 18.5. The van der Waals surface area contributed by atoms with Gasteiger partial charge in [-0.05, 0) is 69.4 Å². The molecular weight excluding hydrogens is 372 g/mol. The Labute approximate surface area is 187 Å². The maximum atomic E-state index is 3.85. The third kappa shape index (κ3) is 5.41. The maximum absolute atomic E-state index is 3.85. The molecule has 0 heterocycles. The van der Waals surface area contributed by atoms with Crippen molar-refractivity contribution in [2.24, 2.45) is 0 Å². The molecular formula is C31H30. The largest absolute Gasteiger partial charge is 0.0985 e. The van der Waals surface area contributed by atoms with E-state index < -0.39 is 0 Å². The number of hydrogen-bond donors (Lipinski definition) is 0. The smallest absolute Gasteiger partial charge is 0.00198 e. The minimum atomic E-state index is 0.562. The minimum Gasteiger partial charge on any atom is -0.0985 e. The SMILES string of the molecule is C=Cc1cccc(C=CC2=CC=C(c3cccc(Cc4cccc(C(C)C)c4)c3)C2)c1. The third-order valence-electron chi connectivity index (χ3n) is 5.85. The molecule has 3 aromatic carbocycles. The summed E-state index contributed by atoms with van der Waals surface area (Å²) in [5.74, 6) is 0.562. The van der Waals surface area contributed by atoms with Gasteiger partial charge in [0.2, 0.25) is 0 Å². The molecule has 0 radical (unpaired) electrons. The van der Waals surface area contributed by atoms with Gasteiger partial charge in [-0.1, -0.05) is 118 Å². The Balaban J connectivity index is 1.43. The van der Waals surface area contributed by atoms with Crippen molar-refractivity contribution in [1.29, 1.82) is 0 Å². The first-order valence-electron chi connectivity index (χ1n) is 11.1. The van der Waals surface area contributed by atoms with E-state index in [0.717, 1.165) is 18.4 Å². The van der Waals surface area contributed by atoms with Crippen LogP contribution in [-0.4, -0.2) is 0 Å². The van der Waals surface area contributed by atoms with Crippen molar-refractivity contribution in [1.82, 2.24) is 0 Å². The molecule has 0 nitrogen and oxygen atoms in total. The van der Waals surface area contributed by atoms with Gasteiger partial charge < -0.3 is 0 Å². The number of benzene rings is 3. The van der Waals surface area contributed by atoms with Crippen LogP contribution < -0.4 is 0 Å². The molecule has 0 unspecified atom stereocenters. The van der Waals surface area contributed by atoms with Crippen LogP contribution >= 0.6 is 0 Å². The van der Waals surface area contributed by atoms with Gasteiger partial charge in [-0.2, -0.15) is 0 Å². The average molecular weight is 403 g/mol. The fourth-order valence-electron chi connectivity index (χ4n) is 4.03. The first-order valence-corrected chi connectivity index (χ1v) is 11.1. The molecule has 154 valence electrons. The van der Waals surface area contributed by atoms with E-state index in [1.807, 2.05) is 6.08 Å². The molecule has 0 heteroatoms. The van der Waals surface area contributed by atoms with Gasteiger partial charge in [0.15, 0.2) is 0 Å². The molecule has 4 rings (SSSR count).